The lowest BCUT2D eigenvalue weighted by Crippen LogP contribution is -2.25. The maximum absolute atomic E-state index is 15.2. The number of allylic oxidation sites excluding steroid dienone is 2. The summed E-state index contributed by atoms with van der Waals surface area (Å²) in [5.41, 5.74) is -1.65. The molecule has 1 saturated carbocycles. The molecule has 0 heterocycles. The van der Waals surface area contributed by atoms with E-state index in [1.807, 2.05) is 13.0 Å². The standard InChI is InChI=1S/C36H28F10O2/c1-2-3-4-20-5-7-21(8-6-20)22-9-12-26(28(37)15-22)23-10-13-27(29(38)16-23)24-17-31(40)34(32(41)18-24)35(42,43)47-25-11-14-33(30(39)19-25)48-36(44,45)46/h2-3,9-21H,4-8H2,1H3. The summed E-state index contributed by atoms with van der Waals surface area (Å²) in [6.45, 7) is 1.98. The highest BCUT2D eigenvalue weighted by molar-refractivity contribution is 5.72. The van der Waals surface area contributed by atoms with E-state index < -0.39 is 64.2 Å². The first kappa shape index (κ1) is 34.8. The number of rotatable bonds is 9. The number of benzene rings is 4. The lowest BCUT2D eigenvalue weighted by Gasteiger charge is -2.28. The van der Waals surface area contributed by atoms with E-state index in [4.69, 9.17) is 0 Å². The Morgan fingerprint density at radius 1 is 0.646 bits per heavy atom. The van der Waals surface area contributed by atoms with Crippen molar-refractivity contribution in [1.29, 1.82) is 0 Å². The van der Waals surface area contributed by atoms with E-state index in [9.17, 15) is 35.1 Å². The van der Waals surface area contributed by atoms with Crippen LogP contribution in [0.2, 0.25) is 0 Å². The van der Waals surface area contributed by atoms with Gasteiger partial charge in [-0.3, -0.25) is 0 Å². The van der Waals surface area contributed by atoms with Crippen molar-refractivity contribution in [3.8, 4) is 33.8 Å². The molecule has 12 heteroatoms. The molecule has 0 N–H and O–H groups in total. The number of hydrogen-bond acceptors (Lipinski definition) is 2. The summed E-state index contributed by atoms with van der Waals surface area (Å²) < 4.78 is 149. The predicted molar refractivity (Wildman–Crippen MR) is 159 cm³/mol. The van der Waals surface area contributed by atoms with Gasteiger partial charge in [-0.2, -0.15) is 8.78 Å². The van der Waals surface area contributed by atoms with Gasteiger partial charge < -0.3 is 9.47 Å². The molecule has 0 unspecified atom stereocenters. The molecule has 4 aromatic rings. The van der Waals surface area contributed by atoms with Gasteiger partial charge in [-0.15, -0.1) is 13.2 Å². The Hall–Kier alpha value is -4.48. The fourth-order valence-electron chi connectivity index (χ4n) is 5.95. The first-order valence-electron chi connectivity index (χ1n) is 15.0. The molecule has 1 aliphatic rings. The van der Waals surface area contributed by atoms with Crippen molar-refractivity contribution in [1.82, 2.24) is 0 Å². The maximum atomic E-state index is 15.2. The zero-order valence-corrected chi connectivity index (χ0v) is 25.3. The monoisotopic (exact) mass is 682 g/mol. The molecule has 0 radical (unpaired) electrons. The van der Waals surface area contributed by atoms with Crippen LogP contribution in [0.25, 0.3) is 22.3 Å². The molecule has 0 aromatic heterocycles. The molecule has 4 aromatic carbocycles. The van der Waals surface area contributed by atoms with Gasteiger partial charge in [0.05, 0.1) is 0 Å². The molecule has 254 valence electrons. The van der Waals surface area contributed by atoms with Crippen molar-refractivity contribution in [2.24, 2.45) is 5.92 Å². The molecule has 0 atom stereocenters. The lowest BCUT2D eigenvalue weighted by molar-refractivity contribution is -0.275. The van der Waals surface area contributed by atoms with E-state index in [1.54, 1.807) is 12.1 Å². The zero-order chi connectivity index (χ0) is 34.8. The normalized spacial score (nSPS) is 17.1. The molecule has 1 fully saturated rings. The Labute approximate surface area is 269 Å². The van der Waals surface area contributed by atoms with E-state index in [-0.39, 0.29) is 28.7 Å². The quantitative estimate of drug-likeness (QED) is 0.129. The minimum absolute atomic E-state index is 0.102. The molecule has 0 aliphatic heterocycles. The maximum Gasteiger partial charge on any atom is 0.573 e. The van der Waals surface area contributed by atoms with Crippen LogP contribution in [0, 0.1) is 35.0 Å². The van der Waals surface area contributed by atoms with Gasteiger partial charge in [0, 0.05) is 17.2 Å². The van der Waals surface area contributed by atoms with Gasteiger partial charge in [-0.05, 0) is 104 Å². The highest BCUT2D eigenvalue weighted by Crippen LogP contribution is 2.41. The van der Waals surface area contributed by atoms with Gasteiger partial charge in [-0.1, -0.05) is 36.4 Å². The van der Waals surface area contributed by atoms with Gasteiger partial charge in [-0.25, -0.2) is 22.0 Å². The largest absolute Gasteiger partial charge is 0.573 e. The summed E-state index contributed by atoms with van der Waals surface area (Å²) in [7, 11) is 0. The second-order valence-corrected chi connectivity index (χ2v) is 11.5. The Kier molecular flexibility index (Phi) is 10.1. The topological polar surface area (TPSA) is 18.5 Å². The third-order valence-electron chi connectivity index (χ3n) is 8.32. The molecule has 5 rings (SSSR count). The van der Waals surface area contributed by atoms with Gasteiger partial charge in [0.15, 0.2) is 11.6 Å². The summed E-state index contributed by atoms with van der Waals surface area (Å²) >= 11 is 0. The van der Waals surface area contributed by atoms with E-state index in [0.717, 1.165) is 49.8 Å². The van der Waals surface area contributed by atoms with E-state index in [0.29, 0.717) is 30.2 Å². The SMILES string of the molecule is CC=CCC1CCC(c2ccc(-c3ccc(-c4cc(F)c(C(F)(F)Oc5ccc(OC(F)(F)F)c(F)c5)c(F)c4)c(F)c3)c(F)c2)CC1. The van der Waals surface area contributed by atoms with Crippen molar-refractivity contribution in [2.75, 3.05) is 0 Å². The number of hydrogen-bond donors (Lipinski definition) is 0. The van der Waals surface area contributed by atoms with Crippen LogP contribution in [-0.4, -0.2) is 6.36 Å². The molecule has 2 nitrogen and oxygen atoms in total. The summed E-state index contributed by atoms with van der Waals surface area (Å²) in [6.07, 6.45) is -0.902. The second kappa shape index (κ2) is 13.9. The van der Waals surface area contributed by atoms with Gasteiger partial charge >= 0.3 is 12.5 Å². The zero-order valence-electron chi connectivity index (χ0n) is 25.3. The second-order valence-electron chi connectivity index (χ2n) is 11.5. The number of halogens is 10. The van der Waals surface area contributed by atoms with E-state index in [2.05, 4.69) is 15.5 Å². The average molecular weight is 683 g/mol. The van der Waals surface area contributed by atoms with Crippen molar-refractivity contribution < 1.29 is 53.4 Å². The minimum atomic E-state index is -5.27. The van der Waals surface area contributed by atoms with Crippen LogP contribution < -0.4 is 9.47 Å². The fourth-order valence-corrected chi connectivity index (χ4v) is 5.95. The molecule has 1 aliphatic carbocycles. The predicted octanol–water partition coefficient (Wildman–Crippen LogP) is 12.0. The van der Waals surface area contributed by atoms with Crippen molar-refractivity contribution in [3.63, 3.8) is 0 Å². The van der Waals surface area contributed by atoms with Crippen molar-refractivity contribution >= 4 is 0 Å². The lowest BCUT2D eigenvalue weighted by atomic mass is 9.77. The number of ether oxygens (including phenoxy) is 2. The third kappa shape index (κ3) is 7.96. The Balaban J connectivity index is 1.33. The Bertz CT molecular complexity index is 1780. The van der Waals surface area contributed by atoms with Crippen molar-refractivity contribution in [2.45, 2.75) is 57.4 Å². The number of alkyl halides is 5. The molecule has 0 saturated heterocycles. The first-order chi connectivity index (χ1) is 22.6. The van der Waals surface area contributed by atoms with Crippen LogP contribution in [0.15, 0.2) is 78.9 Å². The Morgan fingerprint density at radius 3 is 1.83 bits per heavy atom. The average Bonchev–Trinajstić information content (AvgIpc) is 3.00. The minimum Gasteiger partial charge on any atom is -0.429 e. The van der Waals surface area contributed by atoms with E-state index >= 15 is 8.78 Å². The van der Waals surface area contributed by atoms with Crippen LogP contribution in [0.3, 0.4) is 0 Å². The van der Waals surface area contributed by atoms with Crippen LogP contribution >= 0.6 is 0 Å². The molecular weight excluding hydrogens is 654 g/mol. The van der Waals surface area contributed by atoms with Gasteiger partial charge in [0.2, 0.25) is 0 Å². The summed E-state index contributed by atoms with van der Waals surface area (Å²) in [6, 6.07) is 9.98. The summed E-state index contributed by atoms with van der Waals surface area (Å²) in [4.78, 5) is 0. The van der Waals surface area contributed by atoms with Crippen LogP contribution in [0.1, 0.15) is 56.1 Å². The first-order valence-corrected chi connectivity index (χ1v) is 15.0. The molecular formula is C36H28F10O2. The fraction of sp³-hybridized carbons (Fsp3) is 0.278. The van der Waals surface area contributed by atoms with Crippen molar-refractivity contribution in [3.05, 3.63) is 119 Å². The molecule has 48 heavy (non-hydrogen) atoms. The van der Waals surface area contributed by atoms with Crippen LogP contribution in [-0.2, 0) is 6.11 Å². The van der Waals surface area contributed by atoms with Gasteiger partial charge in [0.1, 0.15) is 34.6 Å². The van der Waals surface area contributed by atoms with Crippen LogP contribution in [0.5, 0.6) is 11.5 Å². The molecule has 0 spiro atoms. The highest BCUT2D eigenvalue weighted by Gasteiger charge is 2.42. The summed E-state index contributed by atoms with van der Waals surface area (Å²) in [5.74, 6) is -8.62. The smallest absolute Gasteiger partial charge is 0.429 e. The Morgan fingerprint density at radius 2 is 1.25 bits per heavy atom. The van der Waals surface area contributed by atoms with Crippen LogP contribution in [0.4, 0.5) is 43.9 Å². The van der Waals surface area contributed by atoms with Gasteiger partial charge in [0.25, 0.3) is 0 Å². The summed E-state index contributed by atoms with van der Waals surface area (Å²) in [5, 5.41) is 0. The molecule has 0 amide bonds. The highest BCUT2D eigenvalue weighted by atomic mass is 19.4. The van der Waals surface area contributed by atoms with E-state index in [1.165, 1.54) is 12.1 Å². The molecule has 0 bridgehead atoms. The third-order valence-corrected chi connectivity index (χ3v) is 8.32.